The summed E-state index contributed by atoms with van der Waals surface area (Å²) in [7, 11) is 0. The maximum Gasteiger partial charge on any atom is 0.0997 e. The minimum atomic E-state index is -0.377. The first-order chi connectivity index (χ1) is 6.19. The molecule has 0 spiro atoms. The third-order valence-corrected chi connectivity index (χ3v) is 2.87. The molecular weight excluding hydrogens is 231 g/mol. The summed E-state index contributed by atoms with van der Waals surface area (Å²) >= 11 is 3.47. The summed E-state index contributed by atoms with van der Waals surface area (Å²) in [6.45, 7) is 3.54. The van der Waals surface area contributed by atoms with Gasteiger partial charge in [0, 0.05) is 10.4 Å². The van der Waals surface area contributed by atoms with E-state index in [9.17, 15) is 4.39 Å². The molecule has 0 fully saturated rings. The van der Waals surface area contributed by atoms with Crippen LogP contribution in [-0.2, 0) is 6.42 Å². The molecule has 0 nitrogen and oxygen atoms in total. The Balaban J connectivity index is 2.95. The number of hydrogen-bond acceptors (Lipinski definition) is 0. The van der Waals surface area contributed by atoms with Gasteiger partial charge < -0.3 is 0 Å². The van der Waals surface area contributed by atoms with Crippen LogP contribution >= 0.6 is 15.9 Å². The van der Waals surface area contributed by atoms with Gasteiger partial charge in [-0.2, -0.15) is 0 Å². The molecule has 0 amide bonds. The first-order valence-electron chi connectivity index (χ1n) is 4.36. The molecule has 0 aliphatic carbocycles. The van der Waals surface area contributed by atoms with Gasteiger partial charge in [-0.05, 0) is 23.6 Å². The molecule has 1 aromatic rings. The standard InChI is InChI=1S/C11H13BrF/c1-3-9-4-5-10(6-11(9)12)8(2)7-13/h4-6H,3,7H2,1-2H3. The number of aryl methyl sites for hydroxylation is 1. The van der Waals surface area contributed by atoms with Crippen LogP contribution in [0.1, 0.15) is 25.0 Å². The highest BCUT2D eigenvalue weighted by Crippen LogP contribution is 2.23. The predicted octanol–water partition coefficient (Wildman–Crippen LogP) is 3.92. The van der Waals surface area contributed by atoms with E-state index < -0.39 is 0 Å². The summed E-state index contributed by atoms with van der Waals surface area (Å²) in [5.41, 5.74) is 2.24. The molecule has 0 saturated heterocycles. The van der Waals surface area contributed by atoms with Crippen LogP contribution in [0.15, 0.2) is 22.7 Å². The molecule has 1 rings (SSSR count). The molecule has 13 heavy (non-hydrogen) atoms. The van der Waals surface area contributed by atoms with Crippen LogP contribution in [0.2, 0.25) is 0 Å². The first-order valence-corrected chi connectivity index (χ1v) is 5.15. The lowest BCUT2D eigenvalue weighted by atomic mass is 10.0. The summed E-state index contributed by atoms with van der Waals surface area (Å²) in [5.74, 6) is 0.781. The van der Waals surface area contributed by atoms with E-state index >= 15 is 0 Å². The zero-order chi connectivity index (χ0) is 9.84. The van der Waals surface area contributed by atoms with Crippen LogP contribution in [0.5, 0.6) is 0 Å². The predicted molar refractivity (Wildman–Crippen MR) is 57.5 cm³/mol. The molecular formula is C11H13BrF. The van der Waals surface area contributed by atoms with Gasteiger partial charge in [0.25, 0.3) is 0 Å². The van der Waals surface area contributed by atoms with E-state index in [0.29, 0.717) is 0 Å². The average Bonchev–Trinajstić information content (AvgIpc) is 2.16. The van der Waals surface area contributed by atoms with Gasteiger partial charge in [-0.3, -0.25) is 4.39 Å². The lowest BCUT2D eigenvalue weighted by Gasteiger charge is -2.08. The van der Waals surface area contributed by atoms with Gasteiger partial charge in [-0.1, -0.05) is 41.9 Å². The van der Waals surface area contributed by atoms with Crippen molar-refractivity contribution in [3.63, 3.8) is 0 Å². The van der Waals surface area contributed by atoms with Crippen molar-refractivity contribution >= 4 is 15.9 Å². The fraction of sp³-hybridized carbons (Fsp3) is 0.364. The van der Waals surface area contributed by atoms with Crippen LogP contribution in [-0.4, -0.2) is 6.67 Å². The molecule has 0 heterocycles. The second kappa shape index (κ2) is 4.75. The summed E-state index contributed by atoms with van der Waals surface area (Å²) in [6.07, 6.45) is 0.996. The molecule has 71 valence electrons. The Kier molecular flexibility index (Phi) is 3.91. The van der Waals surface area contributed by atoms with E-state index in [1.165, 1.54) is 5.56 Å². The molecule has 0 saturated carbocycles. The van der Waals surface area contributed by atoms with Crippen LogP contribution < -0.4 is 0 Å². The van der Waals surface area contributed by atoms with E-state index in [1.54, 1.807) is 0 Å². The van der Waals surface area contributed by atoms with Crippen LogP contribution in [0, 0.1) is 5.92 Å². The van der Waals surface area contributed by atoms with Crippen molar-refractivity contribution in [3.05, 3.63) is 39.7 Å². The highest BCUT2D eigenvalue weighted by Gasteiger charge is 2.07. The minimum Gasteiger partial charge on any atom is -0.250 e. The third-order valence-electron chi connectivity index (χ3n) is 2.13. The normalized spacial score (nSPS) is 10.8. The van der Waals surface area contributed by atoms with Crippen molar-refractivity contribution in [2.24, 2.45) is 0 Å². The molecule has 2 heteroatoms. The Labute approximate surface area is 87.3 Å². The monoisotopic (exact) mass is 243 g/mol. The number of hydrogen-bond donors (Lipinski definition) is 0. The fourth-order valence-corrected chi connectivity index (χ4v) is 1.84. The van der Waals surface area contributed by atoms with Gasteiger partial charge in [-0.25, -0.2) is 0 Å². The highest BCUT2D eigenvalue weighted by atomic mass is 79.9. The Bertz CT molecular complexity index is 283. The zero-order valence-electron chi connectivity index (χ0n) is 7.90. The molecule has 0 atom stereocenters. The SMILES string of the molecule is CCc1ccc([C](C)CF)cc1Br. The van der Waals surface area contributed by atoms with Crippen LogP contribution in [0.4, 0.5) is 4.39 Å². The maximum atomic E-state index is 12.3. The Hall–Kier alpha value is -0.370. The smallest absolute Gasteiger partial charge is 0.0997 e. The maximum absolute atomic E-state index is 12.3. The van der Waals surface area contributed by atoms with E-state index in [2.05, 4.69) is 22.9 Å². The molecule has 1 aromatic carbocycles. The minimum absolute atomic E-state index is 0.377. The third kappa shape index (κ3) is 2.53. The Morgan fingerprint density at radius 1 is 1.46 bits per heavy atom. The fourth-order valence-electron chi connectivity index (χ4n) is 1.18. The van der Waals surface area contributed by atoms with E-state index in [1.807, 2.05) is 25.1 Å². The van der Waals surface area contributed by atoms with Crippen molar-refractivity contribution in [1.82, 2.24) is 0 Å². The van der Waals surface area contributed by atoms with Gasteiger partial charge in [-0.15, -0.1) is 0 Å². The quantitative estimate of drug-likeness (QED) is 0.755. The van der Waals surface area contributed by atoms with E-state index in [0.717, 1.165) is 22.4 Å². The molecule has 0 aliphatic rings. The first kappa shape index (κ1) is 10.7. The van der Waals surface area contributed by atoms with Crippen molar-refractivity contribution < 1.29 is 4.39 Å². The molecule has 0 aliphatic heterocycles. The summed E-state index contributed by atoms with van der Waals surface area (Å²) in [5, 5.41) is 0. The van der Waals surface area contributed by atoms with Gasteiger partial charge in [0.1, 0.15) is 0 Å². The Morgan fingerprint density at radius 2 is 2.15 bits per heavy atom. The van der Waals surface area contributed by atoms with E-state index in [4.69, 9.17) is 0 Å². The molecule has 0 aromatic heterocycles. The summed E-state index contributed by atoms with van der Waals surface area (Å²) in [4.78, 5) is 0. The topological polar surface area (TPSA) is 0 Å². The van der Waals surface area contributed by atoms with Crippen molar-refractivity contribution in [3.8, 4) is 0 Å². The number of rotatable bonds is 3. The van der Waals surface area contributed by atoms with Crippen molar-refractivity contribution in [2.75, 3.05) is 6.67 Å². The van der Waals surface area contributed by atoms with Gasteiger partial charge >= 0.3 is 0 Å². The average molecular weight is 244 g/mol. The molecule has 0 bridgehead atoms. The van der Waals surface area contributed by atoms with Crippen molar-refractivity contribution in [2.45, 2.75) is 20.3 Å². The Morgan fingerprint density at radius 3 is 2.62 bits per heavy atom. The number of alkyl halides is 1. The number of benzene rings is 1. The molecule has 1 radical (unpaired) electrons. The second-order valence-electron chi connectivity index (χ2n) is 3.07. The van der Waals surface area contributed by atoms with Gasteiger partial charge in [0.15, 0.2) is 0 Å². The largest absolute Gasteiger partial charge is 0.250 e. The molecule has 0 N–H and O–H groups in total. The van der Waals surface area contributed by atoms with Crippen LogP contribution in [0.25, 0.3) is 0 Å². The molecule has 0 unspecified atom stereocenters. The highest BCUT2D eigenvalue weighted by molar-refractivity contribution is 9.10. The summed E-state index contributed by atoms with van der Waals surface area (Å²) in [6, 6.07) is 5.99. The second-order valence-corrected chi connectivity index (χ2v) is 3.93. The zero-order valence-corrected chi connectivity index (χ0v) is 9.49. The lowest BCUT2D eigenvalue weighted by molar-refractivity contribution is 0.516. The summed E-state index contributed by atoms with van der Waals surface area (Å²) < 4.78 is 13.4. The lowest BCUT2D eigenvalue weighted by Crippen LogP contribution is -1.97. The van der Waals surface area contributed by atoms with Gasteiger partial charge in [0.05, 0.1) is 6.67 Å². The number of halogens is 2. The van der Waals surface area contributed by atoms with Crippen LogP contribution in [0.3, 0.4) is 0 Å². The van der Waals surface area contributed by atoms with Gasteiger partial charge in [0.2, 0.25) is 0 Å². The van der Waals surface area contributed by atoms with Crippen molar-refractivity contribution in [1.29, 1.82) is 0 Å². The van der Waals surface area contributed by atoms with E-state index in [-0.39, 0.29) is 6.67 Å².